The summed E-state index contributed by atoms with van der Waals surface area (Å²) in [5.41, 5.74) is -0.167. The summed E-state index contributed by atoms with van der Waals surface area (Å²) in [6.07, 6.45) is 1.58. The van der Waals surface area contributed by atoms with Crippen LogP contribution in [0.4, 0.5) is 0 Å². The van der Waals surface area contributed by atoms with Crippen molar-refractivity contribution in [1.82, 2.24) is 0 Å². The maximum atomic E-state index is 11.6. The van der Waals surface area contributed by atoms with Crippen LogP contribution in [-0.4, -0.2) is 16.9 Å². The molecular formula is C14H16O3. The molecule has 90 valence electrons. The molecule has 0 aromatic heterocycles. The average molecular weight is 232 g/mol. The normalized spacial score (nSPS) is 23.4. The molecule has 0 bridgehead atoms. The van der Waals surface area contributed by atoms with Gasteiger partial charge in [0.25, 0.3) is 0 Å². The minimum Gasteiger partial charge on any atom is -0.481 e. The number of carbonyl (C=O) groups is 2. The van der Waals surface area contributed by atoms with Crippen molar-refractivity contribution in [2.45, 2.75) is 31.6 Å². The van der Waals surface area contributed by atoms with Gasteiger partial charge in [0.1, 0.15) is 5.78 Å². The molecule has 2 unspecified atom stereocenters. The van der Waals surface area contributed by atoms with Crippen LogP contribution in [0.3, 0.4) is 0 Å². The molecule has 1 aliphatic carbocycles. The van der Waals surface area contributed by atoms with E-state index in [1.54, 1.807) is 6.92 Å². The highest BCUT2D eigenvalue weighted by molar-refractivity contribution is 5.86. The fourth-order valence-corrected chi connectivity index (χ4v) is 2.63. The van der Waals surface area contributed by atoms with Crippen LogP contribution in [0, 0.1) is 5.92 Å². The zero-order valence-corrected chi connectivity index (χ0v) is 9.85. The van der Waals surface area contributed by atoms with Crippen molar-refractivity contribution < 1.29 is 14.7 Å². The van der Waals surface area contributed by atoms with E-state index in [-0.39, 0.29) is 11.7 Å². The Kier molecular flexibility index (Phi) is 3.01. The van der Waals surface area contributed by atoms with Crippen LogP contribution in [0.1, 0.15) is 31.7 Å². The van der Waals surface area contributed by atoms with Crippen LogP contribution in [0.25, 0.3) is 0 Å². The Balaban J connectivity index is 2.40. The number of carbonyl (C=O) groups excluding carboxylic acids is 1. The number of carboxylic acids is 1. The average Bonchev–Trinajstić information content (AvgIpc) is 2.76. The Morgan fingerprint density at radius 2 is 2.00 bits per heavy atom. The molecule has 0 radical (unpaired) electrons. The van der Waals surface area contributed by atoms with E-state index < -0.39 is 11.4 Å². The van der Waals surface area contributed by atoms with Crippen molar-refractivity contribution in [3.05, 3.63) is 35.9 Å². The second-order valence-electron chi connectivity index (χ2n) is 4.85. The van der Waals surface area contributed by atoms with Crippen molar-refractivity contribution in [3.63, 3.8) is 0 Å². The fourth-order valence-electron chi connectivity index (χ4n) is 2.63. The van der Waals surface area contributed by atoms with Crippen LogP contribution in [-0.2, 0) is 15.0 Å². The molecule has 0 amide bonds. The largest absolute Gasteiger partial charge is 0.481 e. The number of benzene rings is 1. The van der Waals surface area contributed by atoms with E-state index in [0.29, 0.717) is 19.3 Å². The first-order valence-corrected chi connectivity index (χ1v) is 5.85. The molecule has 1 aliphatic rings. The van der Waals surface area contributed by atoms with E-state index in [1.165, 1.54) is 0 Å². The van der Waals surface area contributed by atoms with Crippen molar-refractivity contribution >= 4 is 11.8 Å². The summed E-state index contributed by atoms with van der Waals surface area (Å²) in [5, 5.41) is 9.52. The van der Waals surface area contributed by atoms with Gasteiger partial charge in [0, 0.05) is 12.8 Å². The van der Waals surface area contributed by atoms with Gasteiger partial charge in [-0.25, -0.2) is 0 Å². The minimum absolute atomic E-state index is 0.0881. The molecule has 2 rings (SSSR count). The third-order valence-corrected chi connectivity index (χ3v) is 3.88. The van der Waals surface area contributed by atoms with Gasteiger partial charge >= 0.3 is 5.97 Å². The Morgan fingerprint density at radius 3 is 2.47 bits per heavy atom. The molecule has 1 aromatic carbocycles. The Bertz CT molecular complexity index is 438. The van der Waals surface area contributed by atoms with Crippen molar-refractivity contribution in [3.8, 4) is 0 Å². The summed E-state index contributed by atoms with van der Waals surface area (Å²) in [7, 11) is 0. The minimum atomic E-state index is -0.951. The summed E-state index contributed by atoms with van der Waals surface area (Å²) < 4.78 is 0. The predicted molar refractivity (Wildman–Crippen MR) is 63.8 cm³/mol. The molecule has 0 spiro atoms. The molecule has 1 saturated carbocycles. The maximum Gasteiger partial charge on any atom is 0.314 e. The van der Waals surface area contributed by atoms with Crippen molar-refractivity contribution in [2.75, 3.05) is 0 Å². The lowest BCUT2D eigenvalue weighted by Crippen LogP contribution is -2.39. The smallest absolute Gasteiger partial charge is 0.314 e. The number of aliphatic carboxylic acids is 1. The summed E-state index contributed by atoms with van der Waals surface area (Å²) >= 11 is 0. The zero-order valence-electron chi connectivity index (χ0n) is 9.85. The van der Waals surface area contributed by atoms with Gasteiger partial charge in [-0.3, -0.25) is 9.59 Å². The van der Waals surface area contributed by atoms with Gasteiger partial charge in [-0.15, -0.1) is 0 Å². The monoisotopic (exact) mass is 232 g/mol. The third-order valence-electron chi connectivity index (χ3n) is 3.88. The quantitative estimate of drug-likeness (QED) is 0.870. The molecule has 3 heteroatoms. The lowest BCUT2D eigenvalue weighted by atomic mass is 9.71. The molecule has 0 heterocycles. The number of hydrogen-bond acceptors (Lipinski definition) is 2. The van der Waals surface area contributed by atoms with E-state index in [0.717, 1.165) is 5.56 Å². The molecule has 0 aliphatic heterocycles. The highest BCUT2D eigenvalue weighted by Crippen LogP contribution is 2.41. The molecule has 1 aromatic rings. The molecule has 1 fully saturated rings. The van der Waals surface area contributed by atoms with Crippen LogP contribution in [0.15, 0.2) is 30.3 Å². The number of rotatable bonds is 3. The van der Waals surface area contributed by atoms with E-state index >= 15 is 0 Å². The second-order valence-corrected chi connectivity index (χ2v) is 4.85. The molecule has 0 saturated heterocycles. The fraction of sp³-hybridized carbons (Fsp3) is 0.429. The lowest BCUT2D eigenvalue weighted by molar-refractivity contribution is -0.145. The topological polar surface area (TPSA) is 54.4 Å². The summed E-state index contributed by atoms with van der Waals surface area (Å²) in [5.74, 6) is -0.753. The molecule has 3 nitrogen and oxygen atoms in total. The third kappa shape index (κ3) is 1.97. The Hall–Kier alpha value is -1.64. The summed E-state index contributed by atoms with van der Waals surface area (Å²) in [6, 6.07) is 9.21. The molecular weight excluding hydrogens is 216 g/mol. The number of carboxylic acid groups (broad SMARTS) is 1. The van der Waals surface area contributed by atoms with Crippen LogP contribution >= 0.6 is 0 Å². The van der Waals surface area contributed by atoms with Gasteiger partial charge in [-0.1, -0.05) is 30.3 Å². The van der Waals surface area contributed by atoms with Crippen molar-refractivity contribution in [2.24, 2.45) is 5.92 Å². The Labute approximate surface area is 100 Å². The first-order chi connectivity index (χ1) is 8.05. The molecule has 2 atom stereocenters. The van der Waals surface area contributed by atoms with Gasteiger partial charge in [0.15, 0.2) is 0 Å². The standard InChI is InChI=1S/C14H16O3/c1-14(13(16)17,10-5-3-2-4-6-10)11-7-8-12(15)9-11/h2-6,11H,7-9H2,1H3,(H,16,17). The van der Waals surface area contributed by atoms with Gasteiger partial charge in [0.2, 0.25) is 0 Å². The number of hydrogen-bond donors (Lipinski definition) is 1. The number of ketones is 1. The summed E-state index contributed by atoms with van der Waals surface area (Å²) in [4.78, 5) is 23.0. The SMILES string of the molecule is CC(C(=O)O)(c1ccccc1)C1CCC(=O)C1. The highest BCUT2D eigenvalue weighted by atomic mass is 16.4. The van der Waals surface area contributed by atoms with Crippen molar-refractivity contribution in [1.29, 1.82) is 0 Å². The number of Topliss-reactive ketones (excluding diaryl/α,β-unsaturated/α-hetero) is 1. The van der Waals surface area contributed by atoms with E-state index in [2.05, 4.69) is 0 Å². The van der Waals surface area contributed by atoms with E-state index in [9.17, 15) is 14.7 Å². The lowest BCUT2D eigenvalue weighted by Gasteiger charge is -2.31. The van der Waals surface area contributed by atoms with E-state index in [4.69, 9.17) is 0 Å². The van der Waals surface area contributed by atoms with E-state index in [1.807, 2.05) is 30.3 Å². The second kappa shape index (κ2) is 4.32. The first kappa shape index (κ1) is 11.8. The highest BCUT2D eigenvalue weighted by Gasteiger charge is 2.45. The zero-order chi connectivity index (χ0) is 12.5. The van der Waals surface area contributed by atoms with Gasteiger partial charge in [-0.2, -0.15) is 0 Å². The summed E-state index contributed by atoms with van der Waals surface area (Å²) in [6.45, 7) is 1.73. The maximum absolute atomic E-state index is 11.6. The van der Waals surface area contributed by atoms with Crippen LogP contribution in [0.2, 0.25) is 0 Å². The molecule has 1 N–H and O–H groups in total. The van der Waals surface area contributed by atoms with Gasteiger partial charge < -0.3 is 5.11 Å². The van der Waals surface area contributed by atoms with Crippen LogP contribution < -0.4 is 0 Å². The molecule has 17 heavy (non-hydrogen) atoms. The van der Waals surface area contributed by atoms with Gasteiger partial charge in [-0.05, 0) is 24.8 Å². The van der Waals surface area contributed by atoms with Gasteiger partial charge in [0.05, 0.1) is 5.41 Å². The predicted octanol–water partition coefficient (Wildman–Crippen LogP) is 2.40. The Morgan fingerprint density at radius 1 is 1.35 bits per heavy atom. The first-order valence-electron chi connectivity index (χ1n) is 5.85. The van der Waals surface area contributed by atoms with Crippen LogP contribution in [0.5, 0.6) is 0 Å².